The molecule has 0 aromatic carbocycles. The van der Waals surface area contributed by atoms with Crippen LogP contribution in [0.15, 0.2) is 6.07 Å². The van der Waals surface area contributed by atoms with Crippen LogP contribution in [0.5, 0.6) is 0 Å². The molecule has 0 atom stereocenters. The number of fused-ring (bicyclic) bond motifs is 1. The van der Waals surface area contributed by atoms with Crippen molar-refractivity contribution in [3.8, 4) is 0 Å². The fourth-order valence-corrected chi connectivity index (χ4v) is 3.96. The third kappa shape index (κ3) is 3.89. The van der Waals surface area contributed by atoms with Crippen molar-refractivity contribution in [3.05, 3.63) is 10.9 Å². The summed E-state index contributed by atoms with van der Waals surface area (Å²) in [5, 5.41) is 22.6. The maximum Gasteiger partial charge on any atom is 0.226 e. The van der Waals surface area contributed by atoms with Crippen molar-refractivity contribution >= 4 is 39.2 Å². The summed E-state index contributed by atoms with van der Waals surface area (Å²) in [7, 11) is 0. The molecule has 142 valence electrons. The number of carbonyl (C=O) groups excluding carboxylic acids is 1. The number of hydrogen-bond donors (Lipinski definition) is 3. The highest BCUT2D eigenvalue weighted by Crippen LogP contribution is 2.33. The molecule has 1 saturated heterocycles. The van der Waals surface area contributed by atoms with Crippen LogP contribution in [0, 0.1) is 0 Å². The number of hydrogen-bond acceptors (Lipinski definition) is 8. The smallest absolute Gasteiger partial charge is 0.226 e. The lowest BCUT2D eigenvalue weighted by Crippen LogP contribution is -2.48. The van der Waals surface area contributed by atoms with Crippen molar-refractivity contribution in [1.29, 1.82) is 0 Å². The van der Waals surface area contributed by atoms with Gasteiger partial charge in [0.1, 0.15) is 10.6 Å². The number of nitrogens with one attached hydrogen (secondary N) is 1. The Labute approximate surface area is 156 Å². The Morgan fingerprint density at radius 1 is 1.27 bits per heavy atom. The third-order valence-corrected chi connectivity index (χ3v) is 5.74. The molecule has 0 bridgehead atoms. The van der Waals surface area contributed by atoms with Crippen LogP contribution in [0.4, 0.5) is 11.8 Å². The van der Waals surface area contributed by atoms with E-state index in [-0.39, 0.29) is 19.1 Å². The molecule has 3 heterocycles. The molecule has 0 aliphatic carbocycles. The van der Waals surface area contributed by atoms with Crippen molar-refractivity contribution in [2.45, 2.75) is 26.3 Å². The lowest BCUT2D eigenvalue weighted by Gasteiger charge is -2.35. The minimum atomic E-state index is -0.500. The van der Waals surface area contributed by atoms with Crippen molar-refractivity contribution in [2.75, 3.05) is 49.6 Å². The number of anilines is 2. The van der Waals surface area contributed by atoms with Gasteiger partial charge in [-0.2, -0.15) is 4.98 Å². The average molecular weight is 379 g/mol. The van der Waals surface area contributed by atoms with E-state index in [2.05, 4.69) is 33.2 Å². The zero-order valence-electron chi connectivity index (χ0n) is 15.1. The van der Waals surface area contributed by atoms with Gasteiger partial charge < -0.3 is 25.3 Å². The minimum absolute atomic E-state index is 0.0948. The van der Waals surface area contributed by atoms with Crippen LogP contribution in [0.1, 0.15) is 18.7 Å². The van der Waals surface area contributed by atoms with Gasteiger partial charge in [-0.3, -0.25) is 4.79 Å². The van der Waals surface area contributed by atoms with Crippen molar-refractivity contribution < 1.29 is 15.0 Å². The first-order valence-electron chi connectivity index (χ1n) is 8.84. The van der Waals surface area contributed by atoms with Gasteiger partial charge in [0.2, 0.25) is 11.9 Å². The highest BCUT2D eigenvalue weighted by Gasteiger charge is 2.23. The number of piperazine rings is 1. The Hall–Kier alpha value is -1.97. The number of nitrogens with zero attached hydrogens (tertiary/aromatic N) is 4. The summed E-state index contributed by atoms with van der Waals surface area (Å²) in [6.45, 7) is 6.07. The Balaban J connectivity index is 1.93. The van der Waals surface area contributed by atoms with E-state index in [1.165, 1.54) is 4.88 Å². The molecule has 1 aliphatic rings. The first-order valence-corrected chi connectivity index (χ1v) is 9.66. The average Bonchev–Trinajstić information content (AvgIpc) is 3.08. The molecular formula is C17H25N5O3S. The topological polar surface area (TPSA) is 102 Å². The van der Waals surface area contributed by atoms with Crippen molar-refractivity contribution in [2.24, 2.45) is 0 Å². The number of aromatic nitrogens is 2. The van der Waals surface area contributed by atoms with E-state index < -0.39 is 6.04 Å². The fourth-order valence-electron chi connectivity index (χ4n) is 3.00. The van der Waals surface area contributed by atoms with Crippen LogP contribution >= 0.6 is 11.3 Å². The zero-order chi connectivity index (χ0) is 18.7. The fraction of sp³-hybridized carbons (Fsp3) is 0.588. The van der Waals surface area contributed by atoms with Gasteiger partial charge in [-0.25, -0.2) is 4.98 Å². The molecule has 2 aromatic rings. The molecule has 8 nitrogen and oxygen atoms in total. The number of amides is 1. The zero-order valence-corrected chi connectivity index (χ0v) is 15.9. The Morgan fingerprint density at radius 3 is 2.54 bits per heavy atom. The molecule has 1 fully saturated rings. The van der Waals surface area contributed by atoms with E-state index >= 15 is 0 Å². The molecule has 9 heteroatoms. The number of aliphatic hydroxyl groups is 2. The SMILES string of the molecule is CCc1cc2c(N3CCN(C(C)=O)CC3)nc(NC(CO)CO)nc2s1. The van der Waals surface area contributed by atoms with Crippen LogP contribution < -0.4 is 10.2 Å². The molecule has 1 aliphatic heterocycles. The lowest BCUT2D eigenvalue weighted by atomic mass is 10.2. The molecule has 3 rings (SSSR count). The summed E-state index contributed by atoms with van der Waals surface area (Å²) in [6, 6.07) is 1.63. The second-order valence-corrected chi connectivity index (χ2v) is 7.47. The van der Waals surface area contributed by atoms with Gasteiger partial charge in [0, 0.05) is 38.0 Å². The molecule has 3 N–H and O–H groups in total. The number of rotatable bonds is 6. The highest BCUT2D eigenvalue weighted by atomic mass is 32.1. The number of thiophene rings is 1. The van der Waals surface area contributed by atoms with Gasteiger partial charge in [0.05, 0.1) is 24.6 Å². The summed E-state index contributed by atoms with van der Waals surface area (Å²) in [6.07, 6.45) is 0.928. The van der Waals surface area contributed by atoms with E-state index in [1.54, 1.807) is 18.3 Å². The van der Waals surface area contributed by atoms with E-state index in [9.17, 15) is 15.0 Å². The number of carbonyl (C=O) groups is 1. The molecule has 0 spiro atoms. The predicted molar refractivity (Wildman–Crippen MR) is 103 cm³/mol. The van der Waals surface area contributed by atoms with Gasteiger partial charge in [0.25, 0.3) is 0 Å². The van der Waals surface area contributed by atoms with Crippen LogP contribution in [-0.4, -0.2) is 76.4 Å². The number of aryl methyl sites for hydroxylation is 1. The Kier molecular flexibility index (Phi) is 5.90. The second kappa shape index (κ2) is 8.15. The van der Waals surface area contributed by atoms with Crippen LogP contribution in [0.25, 0.3) is 10.2 Å². The second-order valence-electron chi connectivity index (χ2n) is 6.36. The molecular weight excluding hydrogens is 354 g/mol. The van der Waals surface area contributed by atoms with Crippen molar-refractivity contribution in [3.63, 3.8) is 0 Å². The normalized spacial score (nSPS) is 15.1. The summed E-state index contributed by atoms with van der Waals surface area (Å²) >= 11 is 1.63. The first-order chi connectivity index (χ1) is 12.5. The maximum absolute atomic E-state index is 11.6. The van der Waals surface area contributed by atoms with Crippen LogP contribution in [0.2, 0.25) is 0 Å². The molecule has 2 aromatic heterocycles. The third-order valence-electron chi connectivity index (χ3n) is 4.57. The van der Waals surface area contributed by atoms with Gasteiger partial charge in [0.15, 0.2) is 0 Å². The van der Waals surface area contributed by atoms with Gasteiger partial charge >= 0.3 is 0 Å². The first kappa shape index (κ1) is 18.8. The van der Waals surface area contributed by atoms with E-state index in [4.69, 9.17) is 0 Å². The summed E-state index contributed by atoms with van der Waals surface area (Å²) in [5.74, 6) is 1.34. The molecule has 1 amide bonds. The summed E-state index contributed by atoms with van der Waals surface area (Å²) in [5.41, 5.74) is 0. The van der Waals surface area contributed by atoms with E-state index in [0.29, 0.717) is 32.1 Å². The predicted octanol–water partition coefficient (Wildman–Crippen LogP) is 0.687. The van der Waals surface area contributed by atoms with Gasteiger partial charge in [-0.05, 0) is 12.5 Å². The summed E-state index contributed by atoms with van der Waals surface area (Å²) in [4.78, 5) is 26.9. The van der Waals surface area contributed by atoms with E-state index in [1.807, 2.05) is 4.90 Å². The van der Waals surface area contributed by atoms with E-state index in [0.717, 1.165) is 22.5 Å². The Bertz CT molecular complexity index is 769. The monoisotopic (exact) mass is 379 g/mol. The number of aliphatic hydroxyl groups excluding tert-OH is 2. The minimum Gasteiger partial charge on any atom is -0.394 e. The van der Waals surface area contributed by atoms with Crippen LogP contribution in [0.3, 0.4) is 0 Å². The molecule has 26 heavy (non-hydrogen) atoms. The molecule has 0 unspecified atom stereocenters. The standard InChI is InChI=1S/C17H25N5O3S/c1-3-13-8-14-15(22-6-4-21(5-7-22)11(2)25)19-17(20-16(14)26-13)18-12(9-23)10-24/h8,12,23-24H,3-7,9-10H2,1-2H3,(H,18,19,20). The quantitative estimate of drug-likeness (QED) is 0.679. The molecule has 0 radical (unpaired) electrons. The Morgan fingerprint density at radius 2 is 1.96 bits per heavy atom. The summed E-state index contributed by atoms with van der Waals surface area (Å²) < 4.78 is 0. The lowest BCUT2D eigenvalue weighted by molar-refractivity contribution is -0.129. The molecule has 0 saturated carbocycles. The van der Waals surface area contributed by atoms with Crippen LogP contribution in [-0.2, 0) is 11.2 Å². The maximum atomic E-state index is 11.6. The largest absolute Gasteiger partial charge is 0.394 e. The van der Waals surface area contributed by atoms with Gasteiger partial charge in [-0.1, -0.05) is 6.92 Å². The highest BCUT2D eigenvalue weighted by molar-refractivity contribution is 7.18. The van der Waals surface area contributed by atoms with Gasteiger partial charge in [-0.15, -0.1) is 11.3 Å². The van der Waals surface area contributed by atoms with Crippen molar-refractivity contribution in [1.82, 2.24) is 14.9 Å².